The second-order valence-corrected chi connectivity index (χ2v) is 9.05. The maximum atomic E-state index is 12.7. The molecule has 25 heavy (non-hydrogen) atoms. The topological polar surface area (TPSA) is 81.8 Å². The van der Waals surface area contributed by atoms with Crippen molar-refractivity contribution in [3.05, 3.63) is 23.8 Å². The van der Waals surface area contributed by atoms with Crippen molar-refractivity contribution < 1.29 is 13.2 Å². The minimum absolute atomic E-state index is 0.149. The summed E-state index contributed by atoms with van der Waals surface area (Å²) in [5.74, 6) is 0.248. The lowest BCUT2D eigenvalue weighted by Gasteiger charge is -2.28. The Hall–Kier alpha value is -1.64. The van der Waals surface area contributed by atoms with E-state index in [0.717, 1.165) is 44.7 Å². The standard InChI is InChI=1S/C17H26N4O3S/c1-20(2)25(23,24)14-5-6-16(21-7-3-4-8-21)15(9-14)17(22)19-12-13-10-18-11-13/h5-6,9,13,18H,3-4,7-8,10-12H2,1-2H3,(H,19,22). The first-order valence-electron chi connectivity index (χ1n) is 8.70. The number of sulfonamides is 1. The normalized spacial score (nSPS) is 18.4. The number of nitrogens with one attached hydrogen (secondary N) is 2. The summed E-state index contributed by atoms with van der Waals surface area (Å²) in [7, 11) is -0.587. The molecule has 2 aliphatic heterocycles. The van der Waals surface area contributed by atoms with Gasteiger partial charge in [-0.3, -0.25) is 4.79 Å². The Morgan fingerprint density at radius 1 is 1.28 bits per heavy atom. The number of carbonyl (C=O) groups excluding carboxylic acids is 1. The van der Waals surface area contributed by atoms with Crippen molar-refractivity contribution in [2.24, 2.45) is 5.92 Å². The Bertz CT molecular complexity index is 738. The van der Waals surface area contributed by atoms with E-state index in [1.54, 1.807) is 12.1 Å². The molecule has 138 valence electrons. The van der Waals surface area contributed by atoms with Gasteiger partial charge in [0.15, 0.2) is 0 Å². The highest BCUT2D eigenvalue weighted by Crippen LogP contribution is 2.28. The van der Waals surface area contributed by atoms with Crippen molar-refractivity contribution in [1.82, 2.24) is 14.9 Å². The maximum absolute atomic E-state index is 12.7. The van der Waals surface area contributed by atoms with Crippen LogP contribution in [0.1, 0.15) is 23.2 Å². The average Bonchev–Trinajstić information content (AvgIpc) is 3.06. The summed E-state index contributed by atoms with van der Waals surface area (Å²) in [6.07, 6.45) is 2.18. The molecule has 0 saturated carbocycles. The fraction of sp³-hybridized carbons (Fsp3) is 0.588. The van der Waals surface area contributed by atoms with Gasteiger partial charge in [-0.15, -0.1) is 0 Å². The van der Waals surface area contributed by atoms with Crippen LogP contribution in [0.15, 0.2) is 23.1 Å². The fourth-order valence-corrected chi connectivity index (χ4v) is 4.06. The number of rotatable bonds is 6. The molecule has 0 bridgehead atoms. The Morgan fingerprint density at radius 3 is 2.52 bits per heavy atom. The molecule has 1 aromatic carbocycles. The van der Waals surface area contributed by atoms with Crippen LogP contribution < -0.4 is 15.5 Å². The third-order valence-electron chi connectivity index (χ3n) is 4.86. The van der Waals surface area contributed by atoms with Gasteiger partial charge in [-0.2, -0.15) is 0 Å². The second kappa shape index (κ2) is 7.31. The second-order valence-electron chi connectivity index (χ2n) is 6.89. The van der Waals surface area contributed by atoms with E-state index in [2.05, 4.69) is 15.5 Å². The van der Waals surface area contributed by atoms with Crippen LogP contribution in [-0.2, 0) is 10.0 Å². The molecule has 2 aliphatic rings. The summed E-state index contributed by atoms with van der Waals surface area (Å²) < 4.78 is 26.0. The minimum atomic E-state index is -3.57. The van der Waals surface area contributed by atoms with Gasteiger partial charge in [-0.1, -0.05) is 0 Å². The van der Waals surface area contributed by atoms with Crippen molar-refractivity contribution in [3.63, 3.8) is 0 Å². The summed E-state index contributed by atoms with van der Waals surface area (Å²) >= 11 is 0. The third-order valence-corrected chi connectivity index (χ3v) is 6.67. The van der Waals surface area contributed by atoms with Crippen molar-refractivity contribution in [1.29, 1.82) is 0 Å². The predicted octanol–water partition coefficient (Wildman–Crippen LogP) is 0.486. The Balaban J connectivity index is 1.90. The van der Waals surface area contributed by atoms with Gasteiger partial charge in [0.05, 0.1) is 10.5 Å². The minimum Gasteiger partial charge on any atom is -0.371 e. The van der Waals surface area contributed by atoms with Crippen molar-refractivity contribution in [2.75, 3.05) is 51.7 Å². The molecule has 2 saturated heterocycles. The highest BCUT2D eigenvalue weighted by Gasteiger charge is 2.25. The number of anilines is 1. The summed E-state index contributed by atoms with van der Waals surface area (Å²) in [5, 5.41) is 6.14. The van der Waals surface area contributed by atoms with Gasteiger partial charge >= 0.3 is 0 Å². The van der Waals surface area contributed by atoms with Crippen LogP contribution in [0, 0.1) is 5.92 Å². The van der Waals surface area contributed by atoms with Crippen LogP contribution >= 0.6 is 0 Å². The zero-order valence-electron chi connectivity index (χ0n) is 14.8. The average molecular weight is 366 g/mol. The molecular formula is C17H26N4O3S. The zero-order valence-corrected chi connectivity index (χ0v) is 15.6. The SMILES string of the molecule is CN(C)S(=O)(=O)c1ccc(N2CCCC2)c(C(=O)NCC2CNC2)c1. The molecule has 0 atom stereocenters. The summed E-state index contributed by atoms with van der Waals surface area (Å²) in [4.78, 5) is 15.1. The lowest BCUT2D eigenvalue weighted by Crippen LogP contribution is -2.48. The van der Waals surface area contributed by atoms with E-state index in [0.29, 0.717) is 18.0 Å². The van der Waals surface area contributed by atoms with E-state index in [1.807, 2.05) is 0 Å². The largest absolute Gasteiger partial charge is 0.371 e. The quantitative estimate of drug-likeness (QED) is 0.766. The predicted molar refractivity (Wildman–Crippen MR) is 97.5 cm³/mol. The lowest BCUT2D eigenvalue weighted by molar-refractivity contribution is 0.0942. The molecule has 3 rings (SSSR count). The van der Waals surface area contributed by atoms with E-state index >= 15 is 0 Å². The van der Waals surface area contributed by atoms with Gasteiger partial charge in [0, 0.05) is 58.4 Å². The van der Waals surface area contributed by atoms with Gasteiger partial charge in [-0.05, 0) is 31.0 Å². The van der Waals surface area contributed by atoms with Crippen LogP contribution in [-0.4, -0.2) is 65.4 Å². The van der Waals surface area contributed by atoms with E-state index < -0.39 is 10.0 Å². The lowest BCUT2D eigenvalue weighted by atomic mass is 10.0. The van der Waals surface area contributed by atoms with Crippen LogP contribution in [0.25, 0.3) is 0 Å². The molecule has 0 aliphatic carbocycles. The first kappa shape index (κ1) is 18.2. The van der Waals surface area contributed by atoms with E-state index in [9.17, 15) is 13.2 Å². The molecule has 2 fully saturated rings. The van der Waals surface area contributed by atoms with Gasteiger partial charge in [0.25, 0.3) is 5.91 Å². The highest BCUT2D eigenvalue weighted by atomic mass is 32.2. The van der Waals surface area contributed by atoms with Crippen LogP contribution in [0.3, 0.4) is 0 Å². The maximum Gasteiger partial charge on any atom is 0.253 e. The van der Waals surface area contributed by atoms with Gasteiger partial charge in [0.2, 0.25) is 10.0 Å². The van der Waals surface area contributed by atoms with Crippen LogP contribution in [0.4, 0.5) is 5.69 Å². The smallest absolute Gasteiger partial charge is 0.253 e. The summed E-state index contributed by atoms with van der Waals surface area (Å²) in [6, 6.07) is 4.87. The number of benzene rings is 1. The zero-order chi connectivity index (χ0) is 18.0. The van der Waals surface area contributed by atoms with E-state index in [1.165, 1.54) is 24.5 Å². The van der Waals surface area contributed by atoms with Gasteiger partial charge in [0.1, 0.15) is 0 Å². The first-order chi connectivity index (χ1) is 11.9. The van der Waals surface area contributed by atoms with Gasteiger partial charge in [-0.25, -0.2) is 12.7 Å². The number of carbonyl (C=O) groups is 1. The van der Waals surface area contributed by atoms with E-state index in [-0.39, 0.29) is 10.8 Å². The number of amides is 1. The number of hydrogen-bond acceptors (Lipinski definition) is 5. The van der Waals surface area contributed by atoms with Crippen molar-refractivity contribution >= 4 is 21.6 Å². The summed E-state index contributed by atoms with van der Waals surface area (Å²) in [6.45, 7) is 4.22. The molecule has 0 unspecified atom stereocenters. The van der Waals surface area contributed by atoms with Crippen LogP contribution in [0.2, 0.25) is 0 Å². The molecular weight excluding hydrogens is 340 g/mol. The molecule has 8 heteroatoms. The van der Waals surface area contributed by atoms with Crippen molar-refractivity contribution in [3.8, 4) is 0 Å². The summed E-state index contributed by atoms with van der Waals surface area (Å²) in [5.41, 5.74) is 1.26. The fourth-order valence-electron chi connectivity index (χ4n) is 3.13. The molecule has 1 amide bonds. The molecule has 2 heterocycles. The molecule has 1 aromatic rings. The monoisotopic (exact) mass is 366 g/mol. The first-order valence-corrected chi connectivity index (χ1v) is 10.1. The van der Waals surface area contributed by atoms with Crippen molar-refractivity contribution in [2.45, 2.75) is 17.7 Å². The molecule has 0 aromatic heterocycles. The van der Waals surface area contributed by atoms with Crippen LogP contribution in [0.5, 0.6) is 0 Å². The Kier molecular flexibility index (Phi) is 5.31. The molecule has 2 N–H and O–H groups in total. The third kappa shape index (κ3) is 3.80. The Labute approximate surface area is 149 Å². The number of hydrogen-bond donors (Lipinski definition) is 2. The van der Waals surface area contributed by atoms with Gasteiger partial charge < -0.3 is 15.5 Å². The Morgan fingerprint density at radius 2 is 1.96 bits per heavy atom. The number of nitrogens with zero attached hydrogens (tertiary/aromatic N) is 2. The molecule has 7 nitrogen and oxygen atoms in total. The molecule has 0 spiro atoms. The van der Waals surface area contributed by atoms with E-state index in [4.69, 9.17) is 0 Å². The highest BCUT2D eigenvalue weighted by molar-refractivity contribution is 7.89. The molecule has 0 radical (unpaired) electrons.